The van der Waals surface area contributed by atoms with E-state index in [0.717, 1.165) is 0 Å². The molecular weight excluding hydrogens is 297 g/mol. The van der Waals surface area contributed by atoms with Crippen LogP contribution in [0.4, 0.5) is 0 Å². The van der Waals surface area contributed by atoms with Crippen molar-refractivity contribution < 1.29 is 40.1 Å². The van der Waals surface area contributed by atoms with Crippen LogP contribution < -0.4 is 0 Å². The van der Waals surface area contributed by atoms with Crippen LogP contribution >= 0.6 is 0 Å². The van der Waals surface area contributed by atoms with E-state index in [0.29, 0.717) is 32.1 Å². The van der Waals surface area contributed by atoms with Gasteiger partial charge in [-0.2, -0.15) is 0 Å². The SMILES string of the molecule is OC[C@H]1O[C@@H](OC[13CH2]C2(O)CCC(O)CC2)[C@H](O)[C@@H](O)[C@@H]1O. The van der Waals surface area contributed by atoms with Crippen LogP contribution in [0.2, 0.25) is 0 Å². The Labute approximate surface area is 128 Å². The lowest BCUT2D eigenvalue weighted by atomic mass is 9.87. The molecule has 0 aromatic rings. The molecule has 1 heterocycles. The molecule has 0 aromatic carbocycles. The normalized spacial score (nSPS) is 46.6. The molecule has 1 saturated heterocycles. The van der Waals surface area contributed by atoms with E-state index < -0.39 is 42.9 Å². The summed E-state index contributed by atoms with van der Waals surface area (Å²) in [6.45, 7) is -0.415. The summed E-state index contributed by atoms with van der Waals surface area (Å²) < 4.78 is 10.6. The zero-order chi connectivity index (χ0) is 16.3. The third kappa shape index (κ3) is 4.15. The molecule has 1 aliphatic heterocycles. The standard InChI is InChI=1S/C14H26O8/c15-7-9-10(17)11(18)12(19)13(22-9)21-6-5-14(20)3-1-8(16)2-4-14/h8-13,15-20H,1-7H2/t8?,9-,10-,11+,12-,13-,14?/m1/s1/i5+1. The molecule has 5 atom stereocenters. The number of hydrogen-bond acceptors (Lipinski definition) is 8. The summed E-state index contributed by atoms with van der Waals surface area (Å²) in [6.07, 6.45) is -4.51. The molecule has 0 unspecified atom stereocenters. The van der Waals surface area contributed by atoms with Gasteiger partial charge in [-0.25, -0.2) is 0 Å². The summed E-state index contributed by atoms with van der Waals surface area (Å²) >= 11 is 0. The average molecular weight is 323 g/mol. The summed E-state index contributed by atoms with van der Waals surface area (Å²) in [5.74, 6) is 0. The van der Waals surface area contributed by atoms with Crippen LogP contribution in [-0.4, -0.2) is 86.3 Å². The molecule has 1 saturated carbocycles. The topological polar surface area (TPSA) is 140 Å². The van der Waals surface area contributed by atoms with Gasteiger partial charge >= 0.3 is 0 Å². The van der Waals surface area contributed by atoms with Crippen molar-refractivity contribution in [3.8, 4) is 0 Å². The second-order valence-corrected chi connectivity index (χ2v) is 6.27. The quantitative estimate of drug-likeness (QED) is 0.315. The predicted molar refractivity (Wildman–Crippen MR) is 73.8 cm³/mol. The molecule has 6 N–H and O–H groups in total. The Morgan fingerprint density at radius 1 is 1.00 bits per heavy atom. The number of aliphatic hydroxyl groups excluding tert-OH is 5. The van der Waals surface area contributed by atoms with E-state index in [1.807, 2.05) is 0 Å². The first kappa shape index (κ1) is 18.0. The molecule has 1 aliphatic carbocycles. The monoisotopic (exact) mass is 323 g/mol. The molecule has 2 fully saturated rings. The van der Waals surface area contributed by atoms with Crippen molar-refractivity contribution in [1.29, 1.82) is 0 Å². The lowest BCUT2D eigenvalue weighted by Gasteiger charge is -2.40. The zero-order valence-electron chi connectivity index (χ0n) is 12.4. The first-order valence-corrected chi connectivity index (χ1v) is 7.69. The van der Waals surface area contributed by atoms with E-state index in [4.69, 9.17) is 14.6 Å². The molecule has 0 amide bonds. The molecule has 8 nitrogen and oxygen atoms in total. The van der Waals surface area contributed by atoms with Gasteiger partial charge in [-0.1, -0.05) is 0 Å². The molecule has 0 spiro atoms. The van der Waals surface area contributed by atoms with Gasteiger partial charge in [0, 0.05) is 0 Å². The maximum absolute atomic E-state index is 10.4. The Bertz CT molecular complexity index is 342. The molecule has 22 heavy (non-hydrogen) atoms. The number of ether oxygens (including phenoxy) is 2. The van der Waals surface area contributed by atoms with Crippen LogP contribution in [-0.2, 0) is 9.47 Å². The van der Waals surface area contributed by atoms with Gasteiger partial charge in [-0.3, -0.25) is 0 Å². The number of aliphatic hydroxyl groups is 6. The van der Waals surface area contributed by atoms with Crippen molar-refractivity contribution in [2.45, 2.75) is 74.5 Å². The molecular formula is C14H26O8. The Hall–Kier alpha value is -0.320. The van der Waals surface area contributed by atoms with E-state index in [9.17, 15) is 25.5 Å². The molecule has 8 heteroatoms. The minimum Gasteiger partial charge on any atom is -0.394 e. The fraction of sp³-hybridized carbons (Fsp3) is 1.00. The summed E-state index contributed by atoms with van der Waals surface area (Å²) in [5.41, 5.74) is -0.909. The number of rotatable bonds is 5. The van der Waals surface area contributed by atoms with E-state index >= 15 is 0 Å². The fourth-order valence-corrected chi connectivity index (χ4v) is 2.96. The lowest BCUT2D eigenvalue weighted by molar-refractivity contribution is -0.302. The van der Waals surface area contributed by atoms with Crippen molar-refractivity contribution in [2.75, 3.05) is 13.2 Å². The molecule has 0 aromatic heterocycles. The van der Waals surface area contributed by atoms with Crippen LogP contribution in [0.5, 0.6) is 0 Å². The minimum atomic E-state index is -1.47. The highest BCUT2D eigenvalue weighted by Crippen LogP contribution is 2.31. The zero-order valence-corrected chi connectivity index (χ0v) is 12.4. The van der Waals surface area contributed by atoms with Gasteiger partial charge in [0.15, 0.2) is 6.29 Å². The minimum absolute atomic E-state index is 0.0925. The largest absolute Gasteiger partial charge is 0.394 e. The smallest absolute Gasteiger partial charge is 0.186 e. The Morgan fingerprint density at radius 3 is 2.23 bits per heavy atom. The van der Waals surface area contributed by atoms with Gasteiger partial charge in [-0.05, 0) is 32.1 Å². The third-order valence-electron chi connectivity index (χ3n) is 4.58. The third-order valence-corrected chi connectivity index (χ3v) is 4.58. The van der Waals surface area contributed by atoms with Gasteiger partial charge in [0.05, 0.1) is 24.9 Å². The van der Waals surface area contributed by atoms with Crippen LogP contribution in [0.1, 0.15) is 32.1 Å². The van der Waals surface area contributed by atoms with Crippen molar-refractivity contribution in [3.63, 3.8) is 0 Å². The molecule has 0 radical (unpaired) electrons. The van der Waals surface area contributed by atoms with E-state index in [2.05, 4.69) is 0 Å². The number of hydrogen-bond donors (Lipinski definition) is 6. The van der Waals surface area contributed by atoms with Crippen molar-refractivity contribution in [1.82, 2.24) is 0 Å². The fourth-order valence-electron chi connectivity index (χ4n) is 2.96. The Balaban J connectivity index is 1.80. The van der Waals surface area contributed by atoms with Crippen molar-refractivity contribution in [3.05, 3.63) is 0 Å². The van der Waals surface area contributed by atoms with Crippen molar-refractivity contribution >= 4 is 0 Å². The molecule has 2 aliphatic rings. The van der Waals surface area contributed by atoms with Crippen LogP contribution in [0, 0.1) is 0 Å². The maximum Gasteiger partial charge on any atom is 0.186 e. The summed E-state index contributed by atoms with van der Waals surface area (Å²) in [6, 6.07) is 0. The summed E-state index contributed by atoms with van der Waals surface area (Å²) in [7, 11) is 0. The van der Waals surface area contributed by atoms with Crippen LogP contribution in [0.15, 0.2) is 0 Å². The molecule has 2 rings (SSSR count). The maximum atomic E-state index is 10.4. The van der Waals surface area contributed by atoms with E-state index in [1.165, 1.54) is 0 Å². The highest BCUT2D eigenvalue weighted by atomic mass is 16.7. The van der Waals surface area contributed by atoms with Crippen molar-refractivity contribution in [2.24, 2.45) is 0 Å². The summed E-state index contributed by atoms with van der Waals surface area (Å²) in [4.78, 5) is 0. The van der Waals surface area contributed by atoms with Gasteiger partial charge in [0.2, 0.25) is 0 Å². The Kier molecular flexibility index (Phi) is 6.14. The van der Waals surface area contributed by atoms with E-state index in [-0.39, 0.29) is 12.7 Å². The highest BCUT2D eigenvalue weighted by Gasteiger charge is 2.44. The molecule has 130 valence electrons. The molecule has 0 bridgehead atoms. The first-order valence-electron chi connectivity index (χ1n) is 7.69. The second-order valence-electron chi connectivity index (χ2n) is 6.27. The average Bonchev–Trinajstić information content (AvgIpc) is 2.50. The van der Waals surface area contributed by atoms with Crippen LogP contribution in [0.3, 0.4) is 0 Å². The predicted octanol–water partition coefficient (Wildman–Crippen LogP) is -2.14. The van der Waals surface area contributed by atoms with Gasteiger partial charge < -0.3 is 40.1 Å². The second kappa shape index (κ2) is 7.50. The lowest BCUT2D eigenvalue weighted by Crippen LogP contribution is -2.59. The Morgan fingerprint density at radius 2 is 1.64 bits per heavy atom. The van der Waals surface area contributed by atoms with Gasteiger partial charge in [-0.15, -0.1) is 0 Å². The summed E-state index contributed by atoms with van der Waals surface area (Å²) in [5, 5.41) is 58.0. The first-order chi connectivity index (χ1) is 10.4. The van der Waals surface area contributed by atoms with Crippen LogP contribution in [0.25, 0.3) is 0 Å². The van der Waals surface area contributed by atoms with E-state index in [1.54, 1.807) is 0 Å². The van der Waals surface area contributed by atoms with Gasteiger partial charge in [0.1, 0.15) is 24.4 Å². The highest BCUT2D eigenvalue weighted by molar-refractivity contribution is 4.89. The van der Waals surface area contributed by atoms with Gasteiger partial charge in [0.25, 0.3) is 0 Å².